The van der Waals surface area contributed by atoms with Crippen LogP contribution in [0.15, 0.2) is 46.9 Å². The van der Waals surface area contributed by atoms with Crippen LogP contribution >= 0.6 is 0 Å². The van der Waals surface area contributed by atoms with Crippen LogP contribution in [-0.2, 0) is 4.74 Å². The summed E-state index contributed by atoms with van der Waals surface area (Å²) in [5, 5.41) is 3.35. The summed E-state index contributed by atoms with van der Waals surface area (Å²) in [5.74, 6) is -1.23. The van der Waals surface area contributed by atoms with Crippen molar-refractivity contribution < 1.29 is 23.1 Å². The minimum Gasteiger partial charge on any atom is -0.449 e. The van der Waals surface area contributed by atoms with Crippen LogP contribution in [0, 0.1) is 12.7 Å². The molecule has 3 aromatic rings. The minimum atomic E-state index is -0.513. The van der Waals surface area contributed by atoms with Crippen LogP contribution in [0.4, 0.5) is 10.1 Å². The second kappa shape index (κ2) is 7.44. The van der Waals surface area contributed by atoms with Gasteiger partial charge in [-0.3, -0.25) is 9.59 Å². The molecule has 0 bridgehead atoms. The summed E-state index contributed by atoms with van der Waals surface area (Å²) in [6.45, 7) is 3.44. The van der Waals surface area contributed by atoms with E-state index >= 15 is 0 Å². The zero-order chi connectivity index (χ0) is 19.7. The number of carbonyl (C=O) groups is 2. The first kappa shape index (κ1) is 18.2. The van der Waals surface area contributed by atoms with E-state index in [1.165, 1.54) is 12.1 Å². The molecule has 1 aromatic heterocycles. The molecule has 0 unspecified atom stereocenters. The zero-order valence-electron chi connectivity index (χ0n) is 15.3. The first-order valence-corrected chi connectivity index (χ1v) is 9.00. The van der Waals surface area contributed by atoms with Gasteiger partial charge in [-0.2, -0.15) is 0 Å². The van der Waals surface area contributed by atoms with E-state index < -0.39 is 11.7 Å². The van der Waals surface area contributed by atoms with Gasteiger partial charge in [-0.05, 0) is 36.8 Å². The maximum Gasteiger partial charge on any atom is 0.291 e. The standard InChI is InChI=1S/C21H19FN2O4/c1-13-6-7-14(12-16(13)22)20(25)23-18-15-4-2-3-5-17(15)28-19(18)21(26)24-8-10-27-11-9-24/h2-7,12H,8-11H2,1H3,(H,23,25). The monoisotopic (exact) mass is 382 g/mol. The fourth-order valence-corrected chi connectivity index (χ4v) is 3.15. The second-order valence-corrected chi connectivity index (χ2v) is 6.63. The summed E-state index contributed by atoms with van der Waals surface area (Å²) >= 11 is 0. The van der Waals surface area contributed by atoms with Gasteiger partial charge in [0.15, 0.2) is 0 Å². The summed E-state index contributed by atoms with van der Waals surface area (Å²) in [6.07, 6.45) is 0. The van der Waals surface area contributed by atoms with Gasteiger partial charge in [0.25, 0.3) is 11.8 Å². The van der Waals surface area contributed by atoms with Gasteiger partial charge in [0.1, 0.15) is 17.1 Å². The number of aryl methyl sites for hydroxylation is 1. The highest BCUT2D eigenvalue weighted by Gasteiger charge is 2.27. The van der Waals surface area contributed by atoms with Crippen molar-refractivity contribution in [1.82, 2.24) is 4.90 Å². The molecule has 0 radical (unpaired) electrons. The average molecular weight is 382 g/mol. The number of nitrogens with zero attached hydrogens (tertiary/aromatic N) is 1. The number of morpholine rings is 1. The van der Waals surface area contributed by atoms with Crippen molar-refractivity contribution in [3.05, 3.63) is 65.2 Å². The number of amides is 2. The Bertz CT molecular complexity index is 1050. The van der Waals surface area contributed by atoms with Crippen LogP contribution in [-0.4, -0.2) is 43.0 Å². The van der Waals surface area contributed by atoms with Gasteiger partial charge in [-0.25, -0.2) is 4.39 Å². The Morgan fingerprint density at radius 3 is 2.61 bits per heavy atom. The molecule has 28 heavy (non-hydrogen) atoms. The molecule has 0 spiro atoms. The maximum atomic E-state index is 13.9. The van der Waals surface area contributed by atoms with Crippen molar-refractivity contribution in [2.24, 2.45) is 0 Å². The first-order valence-electron chi connectivity index (χ1n) is 9.00. The SMILES string of the molecule is Cc1ccc(C(=O)Nc2c(C(=O)N3CCOCC3)oc3ccccc23)cc1F. The van der Waals surface area contributed by atoms with Crippen LogP contribution in [0.1, 0.15) is 26.5 Å². The number of carbonyl (C=O) groups excluding carboxylic acids is 2. The lowest BCUT2D eigenvalue weighted by molar-refractivity contribution is 0.0285. The Kier molecular flexibility index (Phi) is 4.83. The number of para-hydroxylation sites is 1. The van der Waals surface area contributed by atoms with Gasteiger partial charge >= 0.3 is 0 Å². The molecule has 144 valence electrons. The molecule has 1 aliphatic rings. The van der Waals surface area contributed by atoms with Crippen molar-refractivity contribution in [2.45, 2.75) is 6.92 Å². The molecule has 1 saturated heterocycles. The number of rotatable bonds is 3. The molecular formula is C21H19FN2O4. The predicted octanol–water partition coefficient (Wildman–Crippen LogP) is 3.61. The van der Waals surface area contributed by atoms with E-state index in [2.05, 4.69) is 5.32 Å². The highest BCUT2D eigenvalue weighted by molar-refractivity contribution is 6.14. The minimum absolute atomic E-state index is 0.0593. The summed E-state index contributed by atoms with van der Waals surface area (Å²) in [7, 11) is 0. The largest absolute Gasteiger partial charge is 0.449 e. The molecule has 0 aliphatic carbocycles. The Labute approximate surface area is 160 Å². The summed E-state index contributed by atoms with van der Waals surface area (Å²) in [5.41, 5.74) is 1.40. The quantitative estimate of drug-likeness (QED) is 0.751. The van der Waals surface area contributed by atoms with Crippen LogP contribution in [0.2, 0.25) is 0 Å². The number of furan rings is 1. The average Bonchev–Trinajstić information content (AvgIpc) is 3.08. The van der Waals surface area contributed by atoms with Crippen molar-refractivity contribution in [3.63, 3.8) is 0 Å². The van der Waals surface area contributed by atoms with Crippen molar-refractivity contribution >= 4 is 28.5 Å². The number of halogens is 1. The smallest absolute Gasteiger partial charge is 0.291 e. The molecular weight excluding hydrogens is 363 g/mol. The molecule has 0 atom stereocenters. The van der Waals surface area contributed by atoms with Gasteiger partial charge in [-0.15, -0.1) is 0 Å². The molecule has 2 aromatic carbocycles. The molecule has 1 aliphatic heterocycles. The van der Waals surface area contributed by atoms with Gasteiger partial charge < -0.3 is 19.4 Å². The van der Waals surface area contributed by atoms with E-state index in [4.69, 9.17) is 9.15 Å². The normalized spacial score (nSPS) is 14.3. The molecule has 1 N–H and O–H groups in total. The third-order valence-corrected chi connectivity index (χ3v) is 4.76. The molecule has 1 fully saturated rings. The Morgan fingerprint density at radius 2 is 1.86 bits per heavy atom. The number of nitrogens with one attached hydrogen (secondary N) is 1. The van der Waals surface area contributed by atoms with E-state index in [0.717, 1.165) is 0 Å². The lowest BCUT2D eigenvalue weighted by Gasteiger charge is -2.26. The van der Waals surface area contributed by atoms with Gasteiger partial charge in [0, 0.05) is 24.0 Å². The Morgan fingerprint density at radius 1 is 1.11 bits per heavy atom. The predicted molar refractivity (Wildman–Crippen MR) is 102 cm³/mol. The Balaban J connectivity index is 1.71. The van der Waals surface area contributed by atoms with Crippen LogP contribution in [0.3, 0.4) is 0 Å². The summed E-state index contributed by atoms with van der Waals surface area (Å²) < 4.78 is 24.9. The van der Waals surface area contributed by atoms with Crippen molar-refractivity contribution in [3.8, 4) is 0 Å². The zero-order valence-corrected chi connectivity index (χ0v) is 15.3. The van der Waals surface area contributed by atoms with E-state index in [9.17, 15) is 14.0 Å². The Hall–Kier alpha value is -3.19. The lowest BCUT2D eigenvalue weighted by atomic mass is 10.1. The molecule has 7 heteroatoms. The van der Waals surface area contributed by atoms with E-state index in [0.29, 0.717) is 42.8 Å². The summed E-state index contributed by atoms with van der Waals surface area (Å²) in [6, 6.07) is 11.3. The number of ether oxygens (including phenoxy) is 1. The molecule has 6 nitrogen and oxygen atoms in total. The van der Waals surface area contributed by atoms with Gasteiger partial charge in [0.05, 0.1) is 13.2 Å². The number of hydrogen-bond donors (Lipinski definition) is 1. The molecule has 2 heterocycles. The third kappa shape index (κ3) is 3.36. The number of hydrogen-bond acceptors (Lipinski definition) is 4. The van der Waals surface area contributed by atoms with Crippen molar-refractivity contribution in [1.29, 1.82) is 0 Å². The van der Waals surface area contributed by atoms with Crippen molar-refractivity contribution in [2.75, 3.05) is 31.6 Å². The highest BCUT2D eigenvalue weighted by atomic mass is 19.1. The number of fused-ring (bicyclic) bond motifs is 1. The maximum absolute atomic E-state index is 13.9. The van der Waals surface area contributed by atoms with Crippen LogP contribution in [0.5, 0.6) is 0 Å². The lowest BCUT2D eigenvalue weighted by Crippen LogP contribution is -2.40. The second-order valence-electron chi connectivity index (χ2n) is 6.63. The van der Waals surface area contributed by atoms with E-state index in [1.54, 1.807) is 42.2 Å². The van der Waals surface area contributed by atoms with E-state index in [-0.39, 0.29) is 22.9 Å². The molecule has 2 amide bonds. The van der Waals surface area contributed by atoms with Crippen LogP contribution < -0.4 is 5.32 Å². The summed E-state index contributed by atoms with van der Waals surface area (Å²) in [4.78, 5) is 27.3. The highest BCUT2D eigenvalue weighted by Crippen LogP contribution is 2.32. The van der Waals surface area contributed by atoms with E-state index in [1.807, 2.05) is 0 Å². The topological polar surface area (TPSA) is 71.8 Å². The number of benzene rings is 2. The molecule has 0 saturated carbocycles. The van der Waals surface area contributed by atoms with Crippen LogP contribution in [0.25, 0.3) is 11.0 Å². The number of anilines is 1. The molecule has 4 rings (SSSR count). The fourth-order valence-electron chi connectivity index (χ4n) is 3.15. The van der Waals surface area contributed by atoms with Gasteiger partial charge in [-0.1, -0.05) is 18.2 Å². The third-order valence-electron chi connectivity index (χ3n) is 4.76. The van der Waals surface area contributed by atoms with Gasteiger partial charge in [0.2, 0.25) is 5.76 Å². The fraction of sp³-hybridized carbons (Fsp3) is 0.238. The first-order chi connectivity index (χ1) is 13.5.